The van der Waals surface area contributed by atoms with Crippen LogP contribution in [-0.4, -0.2) is 18.9 Å². The van der Waals surface area contributed by atoms with Gasteiger partial charge in [-0.25, -0.2) is 0 Å². The van der Waals surface area contributed by atoms with Gasteiger partial charge in [-0.05, 0) is 44.2 Å². The fourth-order valence-electron chi connectivity index (χ4n) is 2.98. The number of hydrogen-bond donors (Lipinski definition) is 1. The van der Waals surface area contributed by atoms with Crippen LogP contribution >= 0.6 is 0 Å². The summed E-state index contributed by atoms with van der Waals surface area (Å²) in [6, 6.07) is 0. The van der Waals surface area contributed by atoms with Gasteiger partial charge < -0.3 is 5.32 Å². The van der Waals surface area contributed by atoms with Crippen LogP contribution in [0, 0.1) is 17.8 Å². The number of unbranched alkanes of at least 4 members (excludes halogenated alkanes) is 1. The molecule has 0 bridgehead atoms. The fraction of sp³-hybridized carbons (Fsp3) is 0.917. The first-order valence-electron chi connectivity index (χ1n) is 6.04. The van der Waals surface area contributed by atoms with E-state index in [4.69, 9.17) is 0 Å². The summed E-state index contributed by atoms with van der Waals surface area (Å²) in [7, 11) is 0. The Bertz CT molecular complexity index is 202. The van der Waals surface area contributed by atoms with Crippen LogP contribution in [0.1, 0.15) is 39.0 Å². The lowest BCUT2D eigenvalue weighted by molar-refractivity contribution is -0.122. The Balaban J connectivity index is 1.80. The topological polar surface area (TPSA) is 29.1 Å². The third kappa shape index (κ3) is 2.00. The Labute approximate surface area is 86.5 Å². The Hall–Kier alpha value is -0.370. The maximum atomic E-state index is 11.8. The number of hydrogen-bond acceptors (Lipinski definition) is 2. The minimum Gasteiger partial charge on any atom is -0.316 e. The summed E-state index contributed by atoms with van der Waals surface area (Å²) in [4.78, 5) is 11.8. The molecule has 2 fully saturated rings. The van der Waals surface area contributed by atoms with Gasteiger partial charge in [0.25, 0.3) is 0 Å². The van der Waals surface area contributed by atoms with Crippen molar-refractivity contribution in [3.05, 3.63) is 0 Å². The van der Waals surface area contributed by atoms with Crippen LogP contribution < -0.4 is 5.32 Å². The van der Waals surface area contributed by atoms with E-state index >= 15 is 0 Å². The number of rotatable bonds is 4. The molecule has 1 saturated heterocycles. The number of fused-ring (bicyclic) bond motifs is 1. The van der Waals surface area contributed by atoms with E-state index in [1.807, 2.05) is 0 Å². The zero-order valence-corrected chi connectivity index (χ0v) is 9.09. The van der Waals surface area contributed by atoms with Gasteiger partial charge in [-0.2, -0.15) is 0 Å². The third-order valence-corrected chi connectivity index (χ3v) is 3.89. The van der Waals surface area contributed by atoms with Crippen LogP contribution in [0.25, 0.3) is 0 Å². The van der Waals surface area contributed by atoms with Crippen LogP contribution in [0.4, 0.5) is 0 Å². The van der Waals surface area contributed by atoms with Crippen LogP contribution in [-0.2, 0) is 4.79 Å². The molecule has 2 rings (SSSR count). The predicted molar refractivity (Wildman–Crippen MR) is 57.1 cm³/mol. The van der Waals surface area contributed by atoms with Gasteiger partial charge in [-0.15, -0.1) is 0 Å². The van der Waals surface area contributed by atoms with Crippen LogP contribution in [0.2, 0.25) is 0 Å². The van der Waals surface area contributed by atoms with Crippen molar-refractivity contribution in [3.63, 3.8) is 0 Å². The molecular formula is C12H21NO. The van der Waals surface area contributed by atoms with E-state index in [0.29, 0.717) is 11.7 Å². The van der Waals surface area contributed by atoms with Crippen molar-refractivity contribution in [2.75, 3.05) is 13.1 Å². The standard InChI is InChI=1S/C12H21NO/c1-2-3-4-12(14)9-5-10-7-13-8-11(10)6-9/h9-11,13H,2-8H2,1H3/t9-,10+,11-. The molecule has 1 aliphatic carbocycles. The molecular weight excluding hydrogens is 174 g/mol. The van der Waals surface area contributed by atoms with Crippen LogP contribution in [0.5, 0.6) is 0 Å². The van der Waals surface area contributed by atoms with Gasteiger partial charge in [0.05, 0.1) is 0 Å². The molecule has 14 heavy (non-hydrogen) atoms. The predicted octanol–water partition coefficient (Wildman–Crippen LogP) is 1.99. The van der Waals surface area contributed by atoms with Gasteiger partial charge in [-0.1, -0.05) is 13.3 Å². The molecule has 0 aromatic heterocycles. The molecule has 0 radical (unpaired) electrons. The highest BCUT2D eigenvalue weighted by Crippen LogP contribution is 2.39. The number of carbonyl (C=O) groups excluding carboxylic acids is 1. The minimum absolute atomic E-state index is 0.415. The van der Waals surface area contributed by atoms with Gasteiger partial charge in [-0.3, -0.25) is 4.79 Å². The second-order valence-electron chi connectivity index (χ2n) is 4.92. The van der Waals surface area contributed by atoms with Crippen molar-refractivity contribution in [1.29, 1.82) is 0 Å². The van der Waals surface area contributed by atoms with Crippen molar-refractivity contribution < 1.29 is 4.79 Å². The van der Waals surface area contributed by atoms with Crippen molar-refractivity contribution in [2.24, 2.45) is 17.8 Å². The smallest absolute Gasteiger partial charge is 0.135 e. The molecule has 2 heteroatoms. The first-order valence-corrected chi connectivity index (χ1v) is 6.04. The van der Waals surface area contributed by atoms with E-state index in [2.05, 4.69) is 12.2 Å². The molecule has 1 N–H and O–H groups in total. The summed E-state index contributed by atoms with van der Waals surface area (Å²) in [5.41, 5.74) is 0. The van der Waals surface area contributed by atoms with E-state index in [1.54, 1.807) is 0 Å². The van der Waals surface area contributed by atoms with Crippen molar-refractivity contribution >= 4 is 5.78 Å². The maximum Gasteiger partial charge on any atom is 0.135 e. The Morgan fingerprint density at radius 2 is 1.93 bits per heavy atom. The minimum atomic E-state index is 0.415. The van der Waals surface area contributed by atoms with Gasteiger partial charge in [0.2, 0.25) is 0 Å². The van der Waals surface area contributed by atoms with Crippen LogP contribution in [0.3, 0.4) is 0 Å². The molecule has 0 amide bonds. The summed E-state index contributed by atoms with van der Waals surface area (Å²) in [5.74, 6) is 2.58. The van der Waals surface area contributed by atoms with E-state index in [-0.39, 0.29) is 0 Å². The Morgan fingerprint density at radius 1 is 1.29 bits per heavy atom. The molecule has 0 unspecified atom stereocenters. The second-order valence-corrected chi connectivity index (χ2v) is 4.92. The van der Waals surface area contributed by atoms with E-state index in [1.165, 1.54) is 12.8 Å². The summed E-state index contributed by atoms with van der Waals surface area (Å²) in [6.07, 6.45) is 5.39. The number of carbonyl (C=O) groups is 1. The lowest BCUT2D eigenvalue weighted by Gasteiger charge is -2.09. The van der Waals surface area contributed by atoms with Crippen LogP contribution in [0.15, 0.2) is 0 Å². The van der Waals surface area contributed by atoms with Gasteiger partial charge in [0.1, 0.15) is 5.78 Å². The lowest BCUT2D eigenvalue weighted by atomic mass is 9.96. The Morgan fingerprint density at radius 3 is 2.50 bits per heavy atom. The Kier molecular flexibility index (Phi) is 3.22. The first-order chi connectivity index (χ1) is 6.81. The largest absolute Gasteiger partial charge is 0.316 e. The SMILES string of the molecule is CCCCC(=O)[C@@H]1C[C@H]2CNC[C@H]2C1. The second kappa shape index (κ2) is 4.43. The summed E-state index contributed by atoms with van der Waals surface area (Å²) >= 11 is 0. The normalized spacial score (nSPS) is 35.9. The molecule has 2 aliphatic rings. The summed E-state index contributed by atoms with van der Waals surface area (Å²) in [6.45, 7) is 4.46. The first kappa shape index (κ1) is 10.2. The molecule has 0 aromatic carbocycles. The van der Waals surface area contributed by atoms with Gasteiger partial charge in [0.15, 0.2) is 0 Å². The molecule has 80 valence electrons. The van der Waals surface area contributed by atoms with E-state index in [9.17, 15) is 4.79 Å². The summed E-state index contributed by atoms with van der Waals surface area (Å²) < 4.78 is 0. The maximum absolute atomic E-state index is 11.8. The molecule has 1 aliphatic heterocycles. The number of ketones is 1. The van der Waals surface area contributed by atoms with Crippen molar-refractivity contribution in [3.8, 4) is 0 Å². The van der Waals surface area contributed by atoms with Crippen molar-refractivity contribution in [2.45, 2.75) is 39.0 Å². The molecule has 3 atom stereocenters. The average molecular weight is 195 g/mol. The van der Waals surface area contributed by atoms with Gasteiger partial charge in [0, 0.05) is 12.3 Å². The monoisotopic (exact) mass is 195 g/mol. The molecule has 2 nitrogen and oxygen atoms in total. The molecule has 1 saturated carbocycles. The zero-order chi connectivity index (χ0) is 9.97. The number of Topliss-reactive ketones (excluding diaryl/α,β-unsaturated/α-hetero) is 1. The summed E-state index contributed by atoms with van der Waals surface area (Å²) in [5, 5.41) is 3.42. The highest BCUT2D eigenvalue weighted by atomic mass is 16.1. The quantitative estimate of drug-likeness (QED) is 0.743. The fourth-order valence-corrected chi connectivity index (χ4v) is 2.98. The molecule has 0 aromatic rings. The third-order valence-electron chi connectivity index (χ3n) is 3.89. The van der Waals surface area contributed by atoms with Crippen molar-refractivity contribution in [1.82, 2.24) is 5.32 Å². The highest BCUT2D eigenvalue weighted by molar-refractivity contribution is 5.81. The number of nitrogens with one attached hydrogen (secondary N) is 1. The van der Waals surface area contributed by atoms with Gasteiger partial charge >= 0.3 is 0 Å². The van der Waals surface area contributed by atoms with E-state index in [0.717, 1.165) is 44.2 Å². The highest BCUT2D eigenvalue weighted by Gasteiger charge is 2.39. The average Bonchev–Trinajstić information content (AvgIpc) is 2.72. The molecule has 1 heterocycles. The van der Waals surface area contributed by atoms with E-state index < -0.39 is 0 Å². The zero-order valence-electron chi connectivity index (χ0n) is 9.09. The molecule has 0 spiro atoms. The lowest BCUT2D eigenvalue weighted by Crippen LogP contribution is -2.16.